The Bertz CT molecular complexity index is 1640. The van der Waals surface area contributed by atoms with Crippen LogP contribution in [0.4, 0.5) is 4.39 Å². The first-order chi connectivity index (χ1) is 19.4. The molecule has 0 radical (unpaired) electrons. The third kappa shape index (κ3) is 5.31. The molecule has 0 unspecified atom stereocenters. The van der Waals surface area contributed by atoms with Crippen molar-refractivity contribution >= 4 is 17.4 Å². The molecule has 0 bridgehead atoms. The third-order valence-corrected chi connectivity index (χ3v) is 6.65. The van der Waals surface area contributed by atoms with Crippen molar-refractivity contribution in [2.24, 2.45) is 0 Å². The molecule has 1 aliphatic rings. The first-order valence-electron chi connectivity index (χ1n) is 12.7. The second kappa shape index (κ2) is 11.5. The number of methoxy groups -OCH3 is 1. The topological polar surface area (TPSA) is 95.3 Å². The number of benzene rings is 2. The van der Waals surface area contributed by atoms with Crippen LogP contribution in [0.2, 0.25) is 0 Å². The molecule has 3 heterocycles. The second-order valence-electron chi connectivity index (χ2n) is 9.20. The number of halogens is 1. The number of imidazole rings is 1. The van der Waals surface area contributed by atoms with E-state index in [1.54, 1.807) is 36.2 Å². The molecule has 204 valence electrons. The lowest BCUT2D eigenvalue weighted by molar-refractivity contribution is -0.142. The Morgan fingerprint density at radius 1 is 1.15 bits per heavy atom. The van der Waals surface area contributed by atoms with E-state index in [-0.39, 0.29) is 29.9 Å². The molecule has 2 aromatic heterocycles. The van der Waals surface area contributed by atoms with E-state index in [1.807, 2.05) is 22.7 Å². The fourth-order valence-electron chi connectivity index (χ4n) is 4.77. The van der Waals surface area contributed by atoms with Crippen LogP contribution in [-0.4, -0.2) is 51.3 Å². The Balaban J connectivity index is 1.51. The number of hydrogen-bond donors (Lipinski definition) is 0. The Hall–Kier alpha value is -4.91. The van der Waals surface area contributed by atoms with Gasteiger partial charge in [0.1, 0.15) is 23.9 Å². The molecule has 0 spiro atoms. The number of fused-ring (bicyclic) bond motifs is 1. The maximum absolute atomic E-state index is 14.6. The highest BCUT2D eigenvalue weighted by molar-refractivity contribution is 5.93. The average molecular weight is 543 g/mol. The lowest BCUT2D eigenvalue weighted by atomic mass is 10.1. The zero-order valence-corrected chi connectivity index (χ0v) is 22.3. The summed E-state index contributed by atoms with van der Waals surface area (Å²) in [7, 11) is 1.39. The van der Waals surface area contributed by atoms with Gasteiger partial charge >= 0.3 is 5.97 Å². The van der Waals surface area contributed by atoms with Crippen molar-refractivity contribution in [2.75, 3.05) is 20.2 Å². The van der Waals surface area contributed by atoms with Crippen LogP contribution in [-0.2, 0) is 20.9 Å². The molecule has 0 aliphatic carbocycles. The number of aromatic nitrogens is 3. The molecule has 1 atom stereocenters. The van der Waals surface area contributed by atoms with Crippen LogP contribution in [0.15, 0.2) is 54.9 Å². The van der Waals surface area contributed by atoms with Gasteiger partial charge in [0.25, 0.3) is 5.91 Å². The van der Waals surface area contributed by atoms with Crippen molar-refractivity contribution in [3.63, 3.8) is 0 Å². The van der Waals surface area contributed by atoms with E-state index < -0.39 is 11.8 Å². The molecular formula is C30H27FN4O5. The van der Waals surface area contributed by atoms with E-state index in [9.17, 15) is 14.0 Å². The molecule has 5 rings (SSSR count). The van der Waals surface area contributed by atoms with Gasteiger partial charge in [-0.1, -0.05) is 12.0 Å². The molecule has 4 aromatic rings. The van der Waals surface area contributed by atoms with Crippen LogP contribution >= 0.6 is 0 Å². The lowest BCUT2D eigenvalue weighted by Gasteiger charge is -2.13. The molecule has 1 fully saturated rings. The Kier molecular flexibility index (Phi) is 7.64. The quantitative estimate of drug-likeness (QED) is 0.246. The van der Waals surface area contributed by atoms with Crippen molar-refractivity contribution < 1.29 is 28.2 Å². The van der Waals surface area contributed by atoms with Crippen LogP contribution in [0.3, 0.4) is 0 Å². The van der Waals surface area contributed by atoms with Gasteiger partial charge in [0.15, 0.2) is 11.5 Å². The molecule has 40 heavy (non-hydrogen) atoms. The molecule has 1 aliphatic heterocycles. The van der Waals surface area contributed by atoms with Crippen molar-refractivity contribution in [1.29, 1.82) is 0 Å². The molecule has 10 heteroatoms. The SMILES string of the molecule is CC#CC(=O)N1CC[C@@H](c2nc(-c3ccc(Oc4cccc(OC)c4F)cc3)c3c(COC(C)=O)nccn23)C1. The van der Waals surface area contributed by atoms with Gasteiger partial charge in [-0.2, -0.15) is 4.39 Å². The van der Waals surface area contributed by atoms with Crippen LogP contribution in [0.5, 0.6) is 17.2 Å². The predicted octanol–water partition coefficient (Wildman–Crippen LogP) is 4.74. The van der Waals surface area contributed by atoms with Crippen molar-refractivity contribution in [2.45, 2.75) is 32.8 Å². The van der Waals surface area contributed by atoms with E-state index in [4.69, 9.17) is 19.2 Å². The molecule has 0 saturated carbocycles. The number of rotatable bonds is 7. The van der Waals surface area contributed by atoms with Gasteiger partial charge in [-0.25, -0.2) is 4.98 Å². The third-order valence-electron chi connectivity index (χ3n) is 6.65. The Labute approximate surface area is 230 Å². The standard InChI is InChI=1S/C30H27FN4O5/c1-4-6-26(37)34-15-13-21(17-34)30-33-28(29-23(18-39-19(2)36)32-14-16-35(29)30)20-9-11-22(12-10-20)40-25-8-5-7-24(38-3)27(25)31/h5,7-12,14,16,21H,13,15,17-18H2,1-3H3/t21-/m1/s1. The summed E-state index contributed by atoms with van der Waals surface area (Å²) in [4.78, 5) is 35.1. The highest BCUT2D eigenvalue weighted by Gasteiger charge is 2.31. The first-order valence-corrected chi connectivity index (χ1v) is 12.7. The minimum Gasteiger partial charge on any atom is -0.494 e. The lowest BCUT2D eigenvalue weighted by Crippen LogP contribution is -2.27. The Morgan fingerprint density at radius 3 is 2.65 bits per heavy atom. The van der Waals surface area contributed by atoms with Crippen LogP contribution in [0.25, 0.3) is 16.8 Å². The maximum atomic E-state index is 14.6. The second-order valence-corrected chi connectivity index (χ2v) is 9.20. The van der Waals surface area contributed by atoms with E-state index in [0.29, 0.717) is 35.7 Å². The Morgan fingerprint density at radius 2 is 1.93 bits per heavy atom. The smallest absolute Gasteiger partial charge is 0.303 e. The van der Waals surface area contributed by atoms with E-state index in [1.165, 1.54) is 26.2 Å². The summed E-state index contributed by atoms with van der Waals surface area (Å²) in [6, 6.07) is 11.8. The van der Waals surface area contributed by atoms with Crippen LogP contribution in [0.1, 0.15) is 37.7 Å². The normalized spacial score (nSPS) is 14.5. The zero-order valence-electron chi connectivity index (χ0n) is 22.3. The van der Waals surface area contributed by atoms with Gasteiger partial charge in [0.2, 0.25) is 5.82 Å². The predicted molar refractivity (Wildman–Crippen MR) is 144 cm³/mol. The van der Waals surface area contributed by atoms with E-state index in [2.05, 4.69) is 16.8 Å². The largest absolute Gasteiger partial charge is 0.494 e. The number of likely N-dealkylation sites (tertiary alicyclic amines) is 1. The minimum absolute atomic E-state index is 0.0184. The minimum atomic E-state index is -0.589. The zero-order chi connectivity index (χ0) is 28.2. The van der Waals surface area contributed by atoms with Gasteiger partial charge < -0.3 is 19.1 Å². The summed E-state index contributed by atoms with van der Waals surface area (Å²) in [6.45, 7) is 4.04. The summed E-state index contributed by atoms with van der Waals surface area (Å²) in [6.07, 6.45) is 4.19. The van der Waals surface area contributed by atoms with Gasteiger partial charge in [-0.3, -0.25) is 19.0 Å². The molecule has 0 N–H and O–H groups in total. The fourth-order valence-corrected chi connectivity index (χ4v) is 4.77. The van der Waals surface area contributed by atoms with E-state index >= 15 is 0 Å². The van der Waals surface area contributed by atoms with Gasteiger partial charge in [-0.05, 0) is 55.7 Å². The average Bonchev–Trinajstić information content (AvgIpc) is 3.59. The highest BCUT2D eigenvalue weighted by atomic mass is 19.1. The number of ether oxygens (including phenoxy) is 3. The first kappa shape index (κ1) is 26.7. The van der Waals surface area contributed by atoms with Crippen LogP contribution < -0.4 is 9.47 Å². The number of amides is 1. The monoisotopic (exact) mass is 542 g/mol. The van der Waals surface area contributed by atoms with Crippen molar-refractivity contribution in [3.8, 4) is 40.3 Å². The van der Waals surface area contributed by atoms with Crippen molar-refractivity contribution in [1.82, 2.24) is 19.3 Å². The molecule has 1 saturated heterocycles. The van der Waals surface area contributed by atoms with E-state index in [0.717, 1.165) is 17.8 Å². The molecule has 1 amide bonds. The maximum Gasteiger partial charge on any atom is 0.303 e. The summed E-state index contributed by atoms with van der Waals surface area (Å²) in [5.74, 6) is 5.38. The molecule has 9 nitrogen and oxygen atoms in total. The number of carbonyl (C=O) groups excluding carboxylic acids is 2. The number of nitrogens with zero attached hydrogens (tertiary/aromatic N) is 4. The van der Waals surface area contributed by atoms with Gasteiger partial charge in [-0.15, -0.1) is 0 Å². The fraction of sp³-hybridized carbons (Fsp3) is 0.267. The van der Waals surface area contributed by atoms with Gasteiger partial charge in [0.05, 0.1) is 18.3 Å². The molecular weight excluding hydrogens is 515 g/mol. The van der Waals surface area contributed by atoms with Crippen molar-refractivity contribution in [3.05, 3.63) is 72.2 Å². The number of carbonyl (C=O) groups is 2. The summed E-state index contributed by atoms with van der Waals surface area (Å²) >= 11 is 0. The molecule has 2 aromatic carbocycles. The van der Waals surface area contributed by atoms with Gasteiger partial charge in [0, 0.05) is 43.9 Å². The summed E-state index contributed by atoms with van der Waals surface area (Å²) < 4.78 is 32.6. The summed E-state index contributed by atoms with van der Waals surface area (Å²) in [5.41, 5.74) is 2.65. The number of esters is 1. The highest BCUT2D eigenvalue weighted by Crippen LogP contribution is 2.35. The number of hydrogen-bond acceptors (Lipinski definition) is 7. The van der Waals surface area contributed by atoms with Crippen LogP contribution in [0, 0.1) is 17.7 Å². The summed E-state index contributed by atoms with van der Waals surface area (Å²) in [5, 5.41) is 0.